The lowest BCUT2D eigenvalue weighted by atomic mass is 9.76. The Kier molecular flexibility index (Phi) is 2.18. The van der Waals surface area contributed by atoms with Gasteiger partial charge in [-0.15, -0.1) is 0 Å². The number of ether oxygens (including phenoxy) is 1. The molecule has 1 aliphatic rings. The molecule has 0 saturated carbocycles. The average Bonchev–Trinajstić information content (AvgIpc) is 2.16. The molecule has 0 saturated heterocycles. The number of rotatable bonds is 0. The standard InChI is InChI=1S/C13H18O2/c1-8-9(2)13(3,4)15-12-6-5-10(14)7-11(8)12/h5-9,14H,1-4H3. The van der Waals surface area contributed by atoms with Gasteiger partial charge in [-0.25, -0.2) is 0 Å². The Balaban J connectivity index is 2.50. The maximum Gasteiger partial charge on any atom is 0.123 e. The highest BCUT2D eigenvalue weighted by molar-refractivity contribution is 5.44. The van der Waals surface area contributed by atoms with Crippen LogP contribution >= 0.6 is 0 Å². The van der Waals surface area contributed by atoms with Crippen molar-refractivity contribution in [1.82, 2.24) is 0 Å². The molecule has 0 bridgehead atoms. The highest BCUT2D eigenvalue weighted by Gasteiger charge is 2.38. The highest BCUT2D eigenvalue weighted by atomic mass is 16.5. The number of benzene rings is 1. The molecule has 15 heavy (non-hydrogen) atoms. The normalized spacial score (nSPS) is 28.0. The summed E-state index contributed by atoms with van der Waals surface area (Å²) in [5.41, 5.74) is 0.977. The third-order valence-electron chi connectivity index (χ3n) is 3.70. The molecular formula is C13H18O2. The van der Waals surface area contributed by atoms with Crippen molar-refractivity contribution in [2.24, 2.45) is 5.92 Å². The second-order valence-corrected chi connectivity index (χ2v) is 5.00. The molecule has 0 aromatic heterocycles. The van der Waals surface area contributed by atoms with Crippen LogP contribution in [0.25, 0.3) is 0 Å². The fraction of sp³-hybridized carbons (Fsp3) is 0.538. The van der Waals surface area contributed by atoms with Gasteiger partial charge >= 0.3 is 0 Å². The van der Waals surface area contributed by atoms with Crippen LogP contribution in [-0.2, 0) is 0 Å². The van der Waals surface area contributed by atoms with Gasteiger partial charge in [-0.05, 0) is 38.0 Å². The maximum absolute atomic E-state index is 9.47. The molecule has 2 atom stereocenters. The zero-order valence-electron chi connectivity index (χ0n) is 9.74. The first-order valence-electron chi connectivity index (χ1n) is 5.44. The number of aromatic hydroxyl groups is 1. The van der Waals surface area contributed by atoms with E-state index in [9.17, 15) is 5.11 Å². The Morgan fingerprint density at radius 2 is 1.93 bits per heavy atom. The maximum atomic E-state index is 9.47. The molecule has 2 unspecified atom stereocenters. The summed E-state index contributed by atoms with van der Waals surface area (Å²) >= 11 is 0. The van der Waals surface area contributed by atoms with Gasteiger partial charge in [0.05, 0.1) is 0 Å². The molecule has 2 heteroatoms. The first-order chi connectivity index (χ1) is 6.92. The fourth-order valence-corrected chi connectivity index (χ4v) is 2.23. The van der Waals surface area contributed by atoms with Gasteiger partial charge in [0.1, 0.15) is 17.1 Å². The van der Waals surface area contributed by atoms with Crippen molar-refractivity contribution in [2.45, 2.75) is 39.2 Å². The van der Waals surface area contributed by atoms with Crippen molar-refractivity contribution in [3.8, 4) is 11.5 Å². The summed E-state index contributed by atoms with van der Waals surface area (Å²) in [6, 6.07) is 5.35. The number of fused-ring (bicyclic) bond motifs is 1. The molecule has 0 radical (unpaired) electrons. The highest BCUT2D eigenvalue weighted by Crippen LogP contribution is 2.45. The van der Waals surface area contributed by atoms with Crippen molar-refractivity contribution < 1.29 is 9.84 Å². The minimum Gasteiger partial charge on any atom is -0.508 e. The van der Waals surface area contributed by atoms with Gasteiger partial charge in [-0.2, -0.15) is 0 Å². The van der Waals surface area contributed by atoms with E-state index in [1.54, 1.807) is 6.07 Å². The minimum atomic E-state index is -0.136. The lowest BCUT2D eigenvalue weighted by Crippen LogP contribution is -2.42. The molecule has 82 valence electrons. The monoisotopic (exact) mass is 206 g/mol. The molecule has 0 amide bonds. The zero-order chi connectivity index (χ0) is 11.2. The number of phenols is 1. The first kappa shape index (κ1) is 10.3. The van der Waals surface area contributed by atoms with E-state index < -0.39 is 0 Å². The molecule has 1 aromatic carbocycles. The van der Waals surface area contributed by atoms with E-state index in [-0.39, 0.29) is 5.60 Å². The Hall–Kier alpha value is -1.18. The fourth-order valence-electron chi connectivity index (χ4n) is 2.23. The summed E-state index contributed by atoms with van der Waals surface area (Å²) in [4.78, 5) is 0. The third-order valence-corrected chi connectivity index (χ3v) is 3.70. The summed E-state index contributed by atoms with van der Waals surface area (Å²) < 4.78 is 5.95. The van der Waals surface area contributed by atoms with Crippen LogP contribution in [0.3, 0.4) is 0 Å². The van der Waals surface area contributed by atoms with Gasteiger partial charge < -0.3 is 9.84 Å². The lowest BCUT2D eigenvalue weighted by molar-refractivity contribution is 0.0221. The van der Waals surface area contributed by atoms with Gasteiger partial charge in [0.25, 0.3) is 0 Å². The second-order valence-electron chi connectivity index (χ2n) is 5.00. The van der Waals surface area contributed by atoms with Crippen molar-refractivity contribution >= 4 is 0 Å². The first-order valence-corrected chi connectivity index (χ1v) is 5.44. The summed E-state index contributed by atoms with van der Waals surface area (Å²) in [6.07, 6.45) is 0. The molecule has 1 aromatic rings. The Morgan fingerprint density at radius 1 is 1.27 bits per heavy atom. The average molecular weight is 206 g/mol. The van der Waals surface area contributed by atoms with Crippen LogP contribution < -0.4 is 4.74 Å². The predicted octanol–water partition coefficient (Wildman–Crippen LogP) is 3.30. The van der Waals surface area contributed by atoms with Gasteiger partial charge in [0.15, 0.2) is 0 Å². The van der Waals surface area contributed by atoms with Crippen LogP contribution in [0.1, 0.15) is 39.2 Å². The molecule has 0 spiro atoms. The van der Waals surface area contributed by atoms with E-state index >= 15 is 0 Å². The van der Waals surface area contributed by atoms with Gasteiger partial charge in [0, 0.05) is 11.5 Å². The minimum absolute atomic E-state index is 0.136. The van der Waals surface area contributed by atoms with E-state index in [0.29, 0.717) is 17.6 Å². The van der Waals surface area contributed by atoms with Crippen molar-refractivity contribution in [3.05, 3.63) is 23.8 Å². The van der Waals surface area contributed by atoms with Crippen molar-refractivity contribution in [2.75, 3.05) is 0 Å². The summed E-state index contributed by atoms with van der Waals surface area (Å²) in [5, 5.41) is 9.47. The SMILES string of the molecule is CC1c2cc(O)ccc2OC(C)(C)C1C. The van der Waals surface area contributed by atoms with Crippen molar-refractivity contribution in [1.29, 1.82) is 0 Å². The van der Waals surface area contributed by atoms with E-state index in [1.807, 2.05) is 12.1 Å². The molecule has 2 rings (SSSR count). The Bertz CT molecular complexity index is 382. The zero-order valence-corrected chi connectivity index (χ0v) is 9.74. The van der Waals surface area contributed by atoms with Crippen LogP contribution in [0.5, 0.6) is 11.5 Å². The lowest BCUT2D eigenvalue weighted by Gasteiger charge is -2.42. The van der Waals surface area contributed by atoms with Gasteiger partial charge in [0.2, 0.25) is 0 Å². The van der Waals surface area contributed by atoms with E-state index in [2.05, 4.69) is 27.7 Å². The van der Waals surface area contributed by atoms with Crippen LogP contribution in [0.2, 0.25) is 0 Å². The quantitative estimate of drug-likeness (QED) is 0.705. The summed E-state index contributed by atoms with van der Waals surface area (Å²) in [5.74, 6) is 2.07. The number of phenolic OH excluding ortho intramolecular Hbond substituents is 1. The topological polar surface area (TPSA) is 29.5 Å². The van der Waals surface area contributed by atoms with Gasteiger partial charge in [-0.1, -0.05) is 13.8 Å². The molecule has 0 aliphatic carbocycles. The van der Waals surface area contributed by atoms with Gasteiger partial charge in [-0.3, -0.25) is 0 Å². The smallest absolute Gasteiger partial charge is 0.123 e. The van der Waals surface area contributed by atoms with Crippen molar-refractivity contribution in [3.63, 3.8) is 0 Å². The molecular weight excluding hydrogens is 188 g/mol. The molecule has 1 N–H and O–H groups in total. The Labute approximate surface area is 90.9 Å². The molecule has 2 nitrogen and oxygen atoms in total. The van der Waals surface area contributed by atoms with E-state index in [1.165, 1.54) is 0 Å². The number of hydrogen-bond acceptors (Lipinski definition) is 2. The van der Waals surface area contributed by atoms with Crippen LogP contribution in [-0.4, -0.2) is 10.7 Å². The van der Waals surface area contributed by atoms with Crippen LogP contribution in [0.15, 0.2) is 18.2 Å². The van der Waals surface area contributed by atoms with E-state index in [4.69, 9.17) is 4.74 Å². The molecule has 1 aliphatic heterocycles. The third kappa shape index (κ3) is 1.58. The van der Waals surface area contributed by atoms with E-state index in [0.717, 1.165) is 11.3 Å². The number of hydrogen-bond donors (Lipinski definition) is 1. The van der Waals surface area contributed by atoms with Crippen LogP contribution in [0, 0.1) is 5.92 Å². The largest absolute Gasteiger partial charge is 0.508 e. The molecule has 1 heterocycles. The molecule has 0 fully saturated rings. The summed E-state index contributed by atoms with van der Waals surface area (Å²) in [6.45, 7) is 8.61. The van der Waals surface area contributed by atoms with Crippen LogP contribution in [0.4, 0.5) is 0 Å². The second kappa shape index (κ2) is 3.16. The summed E-state index contributed by atoms with van der Waals surface area (Å²) in [7, 11) is 0. The predicted molar refractivity (Wildman–Crippen MR) is 60.4 cm³/mol. The Morgan fingerprint density at radius 3 is 2.60 bits per heavy atom.